The first-order chi connectivity index (χ1) is 7.57. The zero-order valence-electron chi connectivity index (χ0n) is 11.4. The summed E-state index contributed by atoms with van der Waals surface area (Å²) >= 11 is 0. The third-order valence-corrected chi connectivity index (χ3v) is 3.83. The van der Waals surface area contributed by atoms with Gasteiger partial charge in [0.1, 0.15) is 0 Å². The van der Waals surface area contributed by atoms with E-state index in [9.17, 15) is 0 Å². The molecule has 3 nitrogen and oxygen atoms in total. The van der Waals surface area contributed by atoms with Crippen LogP contribution in [-0.2, 0) is 0 Å². The minimum Gasteiger partial charge on any atom is -0.329 e. The van der Waals surface area contributed by atoms with Gasteiger partial charge in [0.05, 0.1) is 0 Å². The first kappa shape index (κ1) is 13.9. The smallest absolute Gasteiger partial charge is 0.0254 e. The predicted molar refractivity (Wildman–Crippen MR) is 70.6 cm³/mol. The second kappa shape index (κ2) is 6.58. The van der Waals surface area contributed by atoms with Gasteiger partial charge in [0, 0.05) is 31.2 Å². The first-order valence-corrected chi connectivity index (χ1v) is 6.70. The molecule has 0 heterocycles. The van der Waals surface area contributed by atoms with Gasteiger partial charge in [-0.05, 0) is 40.8 Å². The van der Waals surface area contributed by atoms with Gasteiger partial charge in [-0.3, -0.25) is 4.90 Å². The highest BCUT2D eigenvalue weighted by Gasteiger charge is 2.32. The Morgan fingerprint density at radius 1 is 1.12 bits per heavy atom. The fraction of sp³-hybridized carbons (Fsp3) is 1.00. The Kier molecular flexibility index (Phi) is 5.73. The van der Waals surface area contributed by atoms with Crippen molar-refractivity contribution >= 4 is 0 Å². The van der Waals surface area contributed by atoms with Crippen LogP contribution in [-0.4, -0.2) is 55.1 Å². The zero-order valence-corrected chi connectivity index (χ0v) is 11.4. The number of nitrogens with two attached hydrogens (primary N) is 1. The van der Waals surface area contributed by atoms with Crippen molar-refractivity contribution in [2.24, 2.45) is 5.73 Å². The third-order valence-electron chi connectivity index (χ3n) is 3.83. The van der Waals surface area contributed by atoms with Crippen LogP contribution in [0.3, 0.4) is 0 Å². The molecule has 2 atom stereocenters. The molecule has 0 amide bonds. The summed E-state index contributed by atoms with van der Waals surface area (Å²) in [6.07, 6.45) is 5.43. The molecule has 0 aromatic carbocycles. The lowest BCUT2D eigenvalue weighted by atomic mass is 9.87. The molecule has 1 aliphatic carbocycles. The van der Waals surface area contributed by atoms with E-state index in [2.05, 4.69) is 37.7 Å². The highest BCUT2D eigenvalue weighted by atomic mass is 15.2. The molecule has 0 aromatic rings. The quantitative estimate of drug-likeness (QED) is 0.773. The van der Waals surface area contributed by atoms with Gasteiger partial charge in [-0.25, -0.2) is 0 Å². The predicted octanol–water partition coefficient (Wildman–Crippen LogP) is 1.53. The SMILES string of the molecule is CC(C)N(CCN)[C@@H]1CCCC[C@H]1N(C)C. The maximum Gasteiger partial charge on any atom is 0.0254 e. The van der Waals surface area contributed by atoms with E-state index in [1.165, 1.54) is 25.7 Å². The average molecular weight is 227 g/mol. The van der Waals surface area contributed by atoms with Gasteiger partial charge in [-0.1, -0.05) is 12.8 Å². The standard InChI is InChI=1S/C13H29N3/c1-11(2)16(10-9-14)13-8-6-5-7-12(13)15(3)4/h11-13H,5-10,14H2,1-4H3/t12-,13-/m1/s1. The number of rotatable bonds is 5. The largest absolute Gasteiger partial charge is 0.329 e. The summed E-state index contributed by atoms with van der Waals surface area (Å²) in [6.45, 7) is 6.38. The van der Waals surface area contributed by atoms with Crippen molar-refractivity contribution in [1.82, 2.24) is 9.80 Å². The van der Waals surface area contributed by atoms with E-state index in [-0.39, 0.29) is 0 Å². The van der Waals surface area contributed by atoms with Crippen molar-refractivity contribution < 1.29 is 0 Å². The Labute approximate surface area is 101 Å². The molecule has 0 saturated heterocycles. The van der Waals surface area contributed by atoms with Gasteiger partial charge < -0.3 is 10.6 Å². The number of nitrogens with zero attached hydrogens (tertiary/aromatic N) is 2. The molecule has 1 rings (SSSR count). The molecule has 0 radical (unpaired) electrons. The summed E-state index contributed by atoms with van der Waals surface area (Å²) in [5.41, 5.74) is 5.74. The topological polar surface area (TPSA) is 32.5 Å². The van der Waals surface area contributed by atoms with Gasteiger partial charge in [0.25, 0.3) is 0 Å². The monoisotopic (exact) mass is 227 g/mol. The lowest BCUT2D eigenvalue weighted by Crippen LogP contribution is -2.54. The lowest BCUT2D eigenvalue weighted by molar-refractivity contribution is 0.0547. The van der Waals surface area contributed by atoms with E-state index in [4.69, 9.17) is 5.73 Å². The van der Waals surface area contributed by atoms with Gasteiger partial charge in [-0.2, -0.15) is 0 Å². The van der Waals surface area contributed by atoms with E-state index in [0.717, 1.165) is 13.1 Å². The molecule has 0 aliphatic heterocycles. The van der Waals surface area contributed by atoms with Crippen LogP contribution in [0.2, 0.25) is 0 Å². The van der Waals surface area contributed by atoms with Gasteiger partial charge in [-0.15, -0.1) is 0 Å². The molecule has 0 spiro atoms. The molecule has 0 bridgehead atoms. The Hall–Kier alpha value is -0.120. The maximum absolute atomic E-state index is 5.74. The van der Waals surface area contributed by atoms with Crippen LogP contribution >= 0.6 is 0 Å². The normalized spacial score (nSPS) is 27.0. The van der Waals surface area contributed by atoms with Crippen molar-refractivity contribution in [3.8, 4) is 0 Å². The number of likely N-dealkylation sites (N-methyl/N-ethyl adjacent to an activating group) is 1. The number of hydrogen-bond donors (Lipinski definition) is 1. The van der Waals surface area contributed by atoms with Crippen LogP contribution in [0.1, 0.15) is 39.5 Å². The van der Waals surface area contributed by atoms with E-state index in [1.807, 2.05) is 0 Å². The molecule has 2 N–H and O–H groups in total. The summed E-state index contributed by atoms with van der Waals surface area (Å²) < 4.78 is 0. The molecule has 1 fully saturated rings. The van der Waals surface area contributed by atoms with Gasteiger partial charge >= 0.3 is 0 Å². The second-order valence-electron chi connectivity index (χ2n) is 5.50. The fourth-order valence-corrected chi connectivity index (χ4v) is 3.04. The Morgan fingerprint density at radius 3 is 2.12 bits per heavy atom. The molecular weight excluding hydrogens is 198 g/mol. The van der Waals surface area contributed by atoms with Gasteiger partial charge in [0.2, 0.25) is 0 Å². The summed E-state index contributed by atoms with van der Waals surface area (Å²) in [4.78, 5) is 5.00. The Morgan fingerprint density at radius 2 is 1.69 bits per heavy atom. The first-order valence-electron chi connectivity index (χ1n) is 6.70. The minimum atomic E-state index is 0.606. The fourth-order valence-electron chi connectivity index (χ4n) is 3.04. The van der Waals surface area contributed by atoms with Gasteiger partial charge in [0.15, 0.2) is 0 Å². The van der Waals surface area contributed by atoms with Crippen LogP contribution in [0.5, 0.6) is 0 Å². The Balaban J connectivity index is 2.70. The lowest BCUT2D eigenvalue weighted by Gasteiger charge is -2.44. The van der Waals surface area contributed by atoms with Crippen LogP contribution < -0.4 is 5.73 Å². The van der Waals surface area contributed by atoms with Crippen LogP contribution in [0.15, 0.2) is 0 Å². The van der Waals surface area contributed by atoms with Crippen LogP contribution in [0, 0.1) is 0 Å². The van der Waals surface area contributed by atoms with Crippen LogP contribution in [0.4, 0.5) is 0 Å². The van der Waals surface area contributed by atoms with E-state index >= 15 is 0 Å². The molecule has 1 saturated carbocycles. The summed E-state index contributed by atoms with van der Waals surface area (Å²) in [5.74, 6) is 0. The van der Waals surface area contributed by atoms with Crippen molar-refractivity contribution in [3.63, 3.8) is 0 Å². The zero-order chi connectivity index (χ0) is 12.1. The third kappa shape index (κ3) is 3.44. The van der Waals surface area contributed by atoms with Crippen molar-refractivity contribution in [1.29, 1.82) is 0 Å². The van der Waals surface area contributed by atoms with Crippen molar-refractivity contribution in [3.05, 3.63) is 0 Å². The summed E-state index contributed by atoms with van der Waals surface area (Å²) in [5, 5.41) is 0. The molecule has 3 heteroatoms. The van der Waals surface area contributed by atoms with Crippen LogP contribution in [0.25, 0.3) is 0 Å². The molecule has 0 aromatic heterocycles. The Bertz CT molecular complexity index is 192. The van der Waals surface area contributed by atoms with Crippen molar-refractivity contribution in [2.45, 2.75) is 57.7 Å². The van der Waals surface area contributed by atoms with Crippen molar-refractivity contribution in [2.75, 3.05) is 27.2 Å². The maximum atomic E-state index is 5.74. The average Bonchev–Trinajstić information content (AvgIpc) is 2.25. The highest BCUT2D eigenvalue weighted by molar-refractivity contribution is 4.89. The summed E-state index contributed by atoms with van der Waals surface area (Å²) in [6, 6.07) is 2.02. The molecule has 1 aliphatic rings. The number of hydrogen-bond acceptors (Lipinski definition) is 3. The van der Waals surface area contributed by atoms with E-state index < -0.39 is 0 Å². The molecule has 96 valence electrons. The molecular formula is C13H29N3. The molecule has 16 heavy (non-hydrogen) atoms. The van der Waals surface area contributed by atoms with E-state index in [1.54, 1.807) is 0 Å². The minimum absolute atomic E-state index is 0.606. The van der Waals surface area contributed by atoms with E-state index in [0.29, 0.717) is 18.1 Å². The second-order valence-corrected chi connectivity index (χ2v) is 5.50. The summed E-state index contributed by atoms with van der Waals surface area (Å²) in [7, 11) is 4.42. The highest BCUT2D eigenvalue weighted by Crippen LogP contribution is 2.27. The molecule has 0 unspecified atom stereocenters.